The molecule has 0 spiro atoms. The number of thiophene rings is 1. The van der Waals surface area contributed by atoms with Crippen LogP contribution in [0.3, 0.4) is 0 Å². The average molecular weight is 370 g/mol. The SMILES string of the molecule is Cc1cc(C(=O)N2CCC(c3nc(-c4ccsc4)cc(=O)[nH]3)CC2)on1. The van der Waals surface area contributed by atoms with Gasteiger partial charge in [0.2, 0.25) is 5.76 Å². The average Bonchev–Trinajstić information content (AvgIpc) is 3.32. The summed E-state index contributed by atoms with van der Waals surface area (Å²) in [4.78, 5) is 33.7. The monoisotopic (exact) mass is 370 g/mol. The number of aryl methyl sites for hydroxylation is 1. The first-order chi connectivity index (χ1) is 12.6. The molecule has 1 amide bonds. The van der Waals surface area contributed by atoms with Crippen LogP contribution in [0.4, 0.5) is 0 Å². The largest absolute Gasteiger partial charge is 0.351 e. The van der Waals surface area contributed by atoms with Crippen molar-refractivity contribution in [3.8, 4) is 11.3 Å². The number of aromatic nitrogens is 3. The maximum atomic E-state index is 12.4. The molecule has 0 saturated carbocycles. The second-order valence-electron chi connectivity index (χ2n) is 6.43. The second-order valence-corrected chi connectivity index (χ2v) is 7.21. The molecule has 7 nitrogen and oxygen atoms in total. The van der Waals surface area contributed by atoms with Gasteiger partial charge in [0.25, 0.3) is 11.5 Å². The van der Waals surface area contributed by atoms with Gasteiger partial charge in [-0.2, -0.15) is 11.3 Å². The molecule has 1 N–H and O–H groups in total. The first-order valence-electron chi connectivity index (χ1n) is 8.46. The molecule has 0 aromatic carbocycles. The summed E-state index contributed by atoms with van der Waals surface area (Å²) in [7, 11) is 0. The molecule has 26 heavy (non-hydrogen) atoms. The number of amides is 1. The third kappa shape index (κ3) is 3.32. The zero-order valence-corrected chi connectivity index (χ0v) is 15.1. The van der Waals surface area contributed by atoms with E-state index in [0.29, 0.717) is 30.3 Å². The Balaban J connectivity index is 1.48. The smallest absolute Gasteiger partial charge is 0.292 e. The van der Waals surface area contributed by atoms with Crippen molar-refractivity contribution in [1.29, 1.82) is 0 Å². The van der Waals surface area contributed by atoms with Gasteiger partial charge in [0, 0.05) is 42.1 Å². The van der Waals surface area contributed by atoms with Crippen molar-refractivity contribution in [3.63, 3.8) is 0 Å². The highest BCUT2D eigenvalue weighted by atomic mass is 32.1. The van der Waals surface area contributed by atoms with Gasteiger partial charge in [0.15, 0.2) is 0 Å². The Morgan fingerprint density at radius 1 is 1.35 bits per heavy atom. The van der Waals surface area contributed by atoms with E-state index < -0.39 is 0 Å². The second kappa shape index (κ2) is 6.87. The van der Waals surface area contributed by atoms with Crippen molar-refractivity contribution in [2.45, 2.75) is 25.7 Å². The van der Waals surface area contributed by atoms with E-state index in [9.17, 15) is 9.59 Å². The van der Waals surface area contributed by atoms with Crippen LogP contribution in [-0.4, -0.2) is 39.0 Å². The molecule has 1 aliphatic rings. The van der Waals surface area contributed by atoms with Crippen LogP contribution >= 0.6 is 11.3 Å². The van der Waals surface area contributed by atoms with Crippen LogP contribution < -0.4 is 5.56 Å². The summed E-state index contributed by atoms with van der Waals surface area (Å²) in [6.45, 7) is 2.97. The molecule has 8 heteroatoms. The Hall–Kier alpha value is -2.74. The molecule has 0 unspecified atom stereocenters. The van der Waals surface area contributed by atoms with Gasteiger partial charge in [-0.1, -0.05) is 5.16 Å². The molecule has 1 fully saturated rings. The number of piperidine rings is 1. The van der Waals surface area contributed by atoms with Crippen LogP contribution in [0.25, 0.3) is 11.3 Å². The van der Waals surface area contributed by atoms with Gasteiger partial charge in [0.1, 0.15) is 5.82 Å². The van der Waals surface area contributed by atoms with E-state index >= 15 is 0 Å². The molecule has 1 saturated heterocycles. The highest BCUT2D eigenvalue weighted by Crippen LogP contribution is 2.27. The van der Waals surface area contributed by atoms with E-state index in [-0.39, 0.29) is 23.1 Å². The minimum absolute atomic E-state index is 0.127. The fourth-order valence-corrected chi connectivity index (χ4v) is 3.85. The fourth-order valence-electron chi connectivity index (χ4n) is 3.20. The molecule has 0 radical (unpaired) electrons. The van der Waals surface area contributed by atoms with E-state index in [2.05, 4.69) is 15.1 Å². The Kier molecular flexibility index (Phi) is 4.42. The highest BCUT2D eigenvalue weighted by molar-refractivity contribution is 7.08. The number of aromatic amines is 1. The normalized spacial score (nSPS) is 15.3. The van der Waals surface area contributed by atoms with Crippen molar-refractivity contribution < 1.29 is 9.32 Å². The number of H-pyrrole nitrogens is 1. The van der Waals surface area contributed by atoms with Crippen LogP contribution in [0, 0.1) is 6.92 Å². The van der Waals surface area contributed by atoms with Crippen molar-refractivity contribution in [1.82, 2.24) is 20.0 Å². The van der Waals surface area contributed by atoms with Gasteiger partial charge in [-0.15, -0.1) is 0 Å². The molecule has 4 heterocycles. The van der Waals surface area contributed by atoms with Crippen LogP contribution in [0.1, 0.15) is 40.8 Å². The van der Waals surface area contributed by atoms with Gasteiger partial charge in [0.05, 0.1) is 11.4 Å². The van der Waals surface area contributed by atoms with Gasteiger partial charge in [-0.05, 0) is 31.2 Å². The quantitative estimate of drug-likeness (QED) is 0.765. The summed E-state index contributed by atoms with van der Waals surface area (Å²) in [5.74, 6) is 0.951. The van der Waals surface area contributed by atoms with Crippen molar-refractivity contribution in [2.75, 3.05) is 13.1 Å². The number of carbonyl (C=O) groups is 1. The van der Waals surface area contributed by atoms with E-state index in [1.54, 1.807) is 29.2 Å². The molecule has 134 valence electrons. The Labute approximate surface area is 153 Å². The van der Waals surface area contributed by atoms with Crippen LogP contribution in [0.2, 0.25) is 0 Å². The number of carbonyl (C=O) groups excluding carboxylic acids is 1. The molecular formula is C18H18N4O3S. The highest BCUT2D eigenvalue weighted by Gasteiger charge is 2.28. The van der Waals surface area contributed by atoms with Gasteiger partial charge in [-0.25, -0.2) is 4.98 Å². The first-order valence-corrected chi connectivity index (χ1v) is 9.41. The van der Waals surface area contributed by atoms with E-state index in [1.165, 1.54) is 6.07 Å². The number of likely N-dealkylation sites (tertiary alicyclic amines) is 1. The van der Waals surface area contributed by atoms with Crippen LogP contribution in [0.15, 0.2) is 38.3 Å². The maximum Gasteiger partial charge on any atom is 0.292 e. The summed E-state index contributed by atoms with van der Waals surface area (Å²) in [6.07, 6.45) is 1.49. The predicted octanol–water partition coefficient (Wildman–Crippen LogP) is 2.81. The number of hydrogen-bond donors (Lipinski definition) is 1. The zero-order chi connectivity index (χ0) is 18.1. The molecule has 1 aliphatic heterocycles. The summed E-state index contributed by atoms with van der Waals surface area (Å²) < 4.78 is 5.06. The van der Waals surface area contributed by atoms with E-state index in [4.69, 9.17) is 4.52 Å². The molecular weight excluding hydrogens is 352 g/mol. The number of nitrogens with zero attached hydrogens (tertiary/aromatic N) is 3. The van der Waals surface area contributed by atoms with Gasteiger partial charge in [-0.3, -0.25) is 9.59 Å². The maximum absolute atomic E-state index is 12.4. The molecule has 0 bridgehead atoms. The standard InChI is InChI=1S/C18H18N4O3S/c1-11-8-15(25-21-11)18(24)22-5-2-12(3-6-22)17-19-14(9-16(23)20-17)13-4-7-26-10-13/h4,7-10,12H,2-3,5-6H2,1H3,(H,19,20,23). The third-order valence-electron chi connectivity index (χ3n) is 4.58. The lowest BCUT2D eigenvalue weighted by Gasteiger charge is -2.30. The van der Waals surface area contributed by atoms with Crippen molar-refractivity contribution in [3.05, 3.63) is 56.6 Å². The number of hydrogen-bond acceptors (Lipinski definition) is 6. The predicted molar refractivity (Wildman–Crippen MR) is 97.3 cm³/mol. The van der Waals surface area contributed by atoms with Crippen molar-refractivity contribution >= 4 is 17.2 Å². The first kappa shape index (κ1) is 16.7. The molecule has 0 aliphatic carbocycles. The molecule has 4 rings (SSSR count). The lowest BCUT2D eigenvalue weighted by atomic mass is 9.95. The minimum atomic E-state index is -0.146. The fraction of sp³-hybridized carbons (Fsp3) is 0.333. The lowest BCUT2D eigenvalue weighted by Crippen LogP contribution is -2.38. The zero-order valence-electron chi connectivity index (χ0n) is 14.3. The topological polar surface area (TPSA) is 92.1 Å². The summed E-state index contributed by atoms with van der Waals surface area (Å²) in [6, 6.07) is 5.13. The third-order valence-corrected chi connectivity index (χ3v) is 5.27. The summed E-state index contributed by atoms with van der Waals surface area (Å²) >= 11 is 1.57. The molecule has 3 aromatic rings. The summed E-state index contributed by atoms with van der Waals surface area (Å²) in [5.41, 5.74) is 2.19. The lowest BCUT2D eigenvalue weighted by molar-refractivity contribution is 0.0669. The Bertz CT molecular complexity index is 968. The van der Waals surface area contributed by atoms with Crippen LogP contribution in [-0.2, 0) is 0 Å². The van der Waals surface area contributed by atoms with E-state index in [0.717, 1.165) is 18.4 Å². The summed E-state index contributed by atoms with van der Waals surface area (Å²) in [5, 5.41) is 7.71. The van der Waals surface area contributed by atoms with Gasteiger partial charge >= 0.3 is 0 Å². The number of rotatable bonds is 3. The minimum Gasteiger partial charge on any atom is -0.351 e. The van der Waals surface area contributed by atoms with E-state index in [1.807, 2.05) is 16.8 Å². The van der Waals surface area contributed by atoms with Gasteiger partial charge < -0.3 is 14.4 Å². The number of nitrogens with one attached hydrogen (secondary N) is 1. The van der Waals surface area contributed by atoms with Crippen molar-refractivity contribution in [2.24, 2.45) is 0 Å². The Morgan fingerprint density at radius 3 is 2.81 bits per heavy atom. The van der Waals surface area contributed by atoms with Crippen LogP contribution in [0.5, 0.6) is 0 Å². The molecule has 3 aromatic heterocycles. The Morgan fingerprint density at radius 2 is 2.15 bits per heavy atom. The molecule has 0 atom stereocenters.